The van der Waals surface area contributed by atoms with E-state index in [0.717, 1.165) is 6.07 Å². The number of anilines is 2. The second-order valence-corrected chi connectivity index (χ2v) is 5.70. The minimum atomic E-state index is -1.08. The summed E-state index contributed by atoms with van der Waals surface area (Å²) in [6, 6.07) is 7.79. The number of hydrogen-bond acceptors (Lipinski definition) is 4. The monoisotopic (exact) mass is 387 g/mol. The first-order chi connectivity index (χ1) is 11.3. The van der Waals surface area contributed by atoms with E-state index >= 15 is 0 Å². The Hall–Kier alpha value is -2.35. The highest BCUT2D eigenvalue weighted by Crippen LogP contribution is 2.27. The first kappa shape index (κ1) is 18.0. The Morgan fingerprint density at radius 1 is 0.875 bits per heavy atom. The summed E-state index contributed by atoms with van der Waals surface area (Å²) >= 11 is 17.5. The van der Waals surface area contributed by atoms with Gasteiger partial charge in [0.1, 0.15) is 0 Å². The summed E-state index contributed by atoms with van der Waals surface area (Å²) in [5.41, 5.74) is -0.203. The number of rotatable bonds is 3. The Balaban J connectivity index is 2.15. The van der Waals surface area contributed by atoms with Crippen LogP contribution in [-0.2, 0) is 9.59 Å². The van der Waals surface area contributed by atoms with Crippen LogP contribution in [0.15, 0.2) is 36.4 Å². The van der Waals surface area contributed by atoms with E-state index in [1.807, 2.05) is 0 Å². The van der Waals surface area contributed by atoms with Crippen LogP contribution < -0.4 is 10.6 Å². The lowest BCUT2D eigenvalue weighted by Crippen LogP contribution is -2.29. The van der Waals surface area contributed by atoms with Crippen molar-refractivity contribution in [3.8, 4) is 0 Å². The fourth-order valence-electron chi connectivity index (χ4n) is 1.67. The van der Waals surface area contributed by atoms with E-state index in [4.69, 9.17) is 34.8 Å². The lowest BCUT2D eigenvalue weighted by Gasteiger charge is -2.09. The summed E-state index contributed by atoms with van der Waals surface area (Å²) in [5, 5.41) is 15.8. The standard InChI is InChI=1S/C14H8Cl3N3O4/c15-7-1-3-9(16)11(5-7)18-13(21)14(22)19-12-6-8(20(23)24)2-4-10(12)17/h1-6H,(H,18,21)(H,19,22). The van der Waals surface area contributed by atoms with E-state index in [1.165, 1.54) is 30.3 Å². The van der Waals surface area contributed by atoms with Gasteiger partial charge in [-0.05, 0) is 24.3 Å². The Morgan fingerprint density at radius 2 is 1.38 bits per heavy atom. The Morgan fingerprint density at radius 3 is 1.92 bits per heavy atom. The van der Waals surface area contributed by atoms with E-state index in [-0.39, 0.29) is 27.1 Å². The number of nitrogens with zero attached hydrogens (tertiary/aromatic N) is 1. The first-order valence-corrected chi connectivity index (χ1v) is 7.42. The molecule has 0 spiro atoms. The van der Waals surface area contributed by atoms with Crippen LogP contribution in [0, 0.1) is 10.1 Å². The molecule has 7 nitrogen and oxygen atoms in total. The van der Waals surface area contributed by atoms with Gasteiger partial charge in [-0.2, -0.15) is 0 Å². The molecule has 0 aliphatic heterocycles. The van der Waals surface area contributed by atoms with E-state index in [1.54, 1.807) is 0 Å². The predicted octanol–water partition coefficient (Wildman–Crippen LogP) is 4.13. The van der Waals surface area contributed by atoms with Crippen LogP contribution in [0.2, 0.25) is 15.1 Å². The molecule has 24 heavy (non-hydrogen) atoms. The average molecular weight is 389 g/mol. The molecule has 2 amide bonds. The van der Waals surface area contributed by atoms with Crippen molar-refractivity contribution in [2.45, 2.75) is 0 Å². The third kappa shape index (κ3) is 4.35. The summed E-state index contributed by atoms with van der Waals surface area (Å²) in [5.74, 6) is -2.12. The topological polar surface area (TPSA) is 101 Å². The van der Waals surface area contributed by atoms with Gasteiger partial charge in [-0.15, -0.1) is 0 Å². The predicted molar refractivity (Wildman–Crippen MR) is 91.8 cm³/mol. The van der Waals surface area contributed by atoms with Gasteiger partial charge in [0.15, 0.2) is 0 Å². The Bertz CT molecular complexity index is 842. The van der Waals surface area contributed by atoms with Crippen molar-refractivity contribution < 1.29 is 14.5 Å². The molecular weight excluding hydrogens is 381 g/mol. The van der Waals surface area contributed by atoms with Crippen molar-refractivity contribution in [1.82, 2.24) is 0 Å². The van der Waals surface area contributed by atoms with Crippen molar-refractivity contribution in [2.75, 3.05) is 10.6 Å². The Labute approximate surface area is 150 Å². The van der Waals surface area contributed by atoms with Gasteiger partial charge in [-0.1, -0.05) is 34.8 Å². The lowest BCUT2D eigenvalue weighted by atomic mass is 10.2. The number of hydrogen-bond donors (Lipinski definition) is 2. The van der Waals surface area contributed by atoms with Crippen LogP contribution in [0.5, 0.6) is 0 Å². The molecule has 2 N–H and O–H groups in total. The zero-order chi connectivity index (χ0) is 17.9. The highest BCUT2D eigenvalue weighted by atomic mass is 35.5. The molecule has 2 aromatic rings. The minimum Gasteiger partial charge on any atom is -0.316 e. The number of halogens is 3. The molecule has 0 radical (unpaired) electrons. The van der Waals surface area contributed by atoms with E-state index in [0.29, 0.717) is 5.02 Å². The number of nitro groups is 1. The van der Waals surface area contributed by atoms with Crippen LogP contribution in [0.1, 0.15) is 0 Å². The molecule has 2 aromatic carbocycles. The maximum absolute atomic E-state index is 11.9. The molecule has 0 atom stereocenters. The van der Waals surface area contributed by atoms with Gasteiger partial charge in [0, 0.05) is 17.2 Å². The number of amides is 2. The van der Waals surface area contributed by atoms with Crippen LogP contribution in [0.3, 0.4) is 0 Å². The number of nitrogens with one attached hydrogen (secondary N) is 2. The third-order valence-electron chi connectivity index (χ3n) is 2.79. The van der Waals surface area contributed by atoms with E-state index in [2.05, 4.69) is 10.6 Å². The van der Waals surface area contributed by atoms with Gasteiger partial charge in [0.05, 0.1) is 26.3 Å². The second-order valence-electron chi connectivity index (χ2n) is 4.45. The molecule has 10 heteroatoms. The SMILES string of the molecule is O=C(Nc1cc(Cl)ccc1Cl)C(=O)Nc1cc([N+](=O)[O-])ccc1Cl. The number of carbonyl (C=O) groups is 2. The highest BCUT2D eigenvalue weighted by Gasteiger charge is 2.18. The largest absolute Gasteiger partial charge is 0.316 e. The van der Waals surface area contributed by atoms with Gasteiger partial charge in [-0.3, -0.25) is 19.7 Å². The van der Waals surface area contributed by atoms with Crippen molar-refractivity contribution in [3.63, 3.8) is 0 Å². The molecule has 124 valence electrons. The molecule has 0 saturated heterocycles. The maximum atomic E-state index is 11.9. The lowest BCUT2D eigenvalue weighted by molar-refractivity contribution is -0.384. The first-order valence-electron chi connectivity index (χ1n) is 6.29. The average Bonchev–Trinajstić information content (AvgIpc) is 2.52. The fourth-order valence-corrected chi connectivity index (χ4v) is 2.18. The molecule has 0 aliphatic carbocycles. The quantitative estimate of drug-likeness (QED) is 0.469. The molecule has 0 unspecified atom stereocenters. The summed E-state index contributed by atoms with van der Waals surface area (Å²) in [6.45, 7) is 0. The normalized spacial score (nSPS) is 10.1. The van der Waals surface area contributed by atoms with Crippen molar-refractivity contribution in [3.05, 3.63) is 61.6 Å². The number of carbonyl (C=O) groups excluding carboxylic acids is 2. The van der Waals surface area contributed by atoms with Crippen LogP contribution >= 0.6 is 34.8 Å². The number of benzene rings is 2. The summed E-state index contributed by atoms with van der Waals surface area (Å²) in [4.78, 5) is 33.9. The van der Waals surface area contributed by atoms with E-state index in [9.17, 15) is 19.7 Å². The molecule has 0 fully saturated rings. The zero-order valence-electron chi connectivity index (χ0n) is 11.7. The highest BCUT2D eigenvalue weighted by molar-refractivity contribution is 6.46. The Kier molecular flexibility index (Phi) is 5.61. The number of non-ortho nitro benzene ring substituents is 1. The van der Waals surface area contributed by atoms with Crippen LogP contribution in [-0.4, -0.2) is 16.7 Å². The van der Waals surface area contributed by atoms with Gasteiger partial charge in [-0.25, -0.2) is 0 Å². The molecule has 0 heterocycles. The molecule has 2 rings (SSSR count). The smallest absolute Gasteiger partial charge is 0.314 e. The molecule has 0 aliphatic rings. The molecule has 0 bridgehead atoms. The summed E-state index contributed by atoms with van der Waals surface area (Å²) in [6.07, 6.45) is 0. The van der Waals surface area contributed by atoms with E-state index < -0.39 is 16.7 Å². The molecular formula is C14H8Cl3N3O4. The maximum Gasteiger partial charge on any atom is 0.314 e. The van der Waals surface area contributed by atoms with Crippen molar-refractivity contribution in [1.29, 1.82) is 0 Å². The second kappa shape index (κ2) is 7.48. The van der Waals surface area contributed by atoms with Gasteiger partial charge in [0.25, 0.3) is 5.69 Å². The molecule has 0 aromatic heterocycles. The van der Waals surface area contributed by atoms with Crippen molar-refractivity contribution in [2.24, 2.45) is 0 Å². The van der Waals surface area contributed by atoms with Gasteiger partial charge >= 0.3 is 11.8 Å². The van der Waals surface area contributed by atoms with Gasteiger partial charge < -0.3 is 10.6 Å². The summed E-state index contributed by atoms with van der Waals surface area (Å²) in [7, 11) is 0. The van der Waals surface area contributed by atoms with Crippen LogP contribution in [0.4, 0.5) is 17.1 Å². The van der Waals surface area contributed by atoms with Crippen molar-refractivity contribution >= 4 is 63.7 Å². The third-order valence-corrected chi connectivity index (χ3v) is 3.69. The molecule has 0 saturated carbocycles. The number of nitro benzene ring substituents is 1. The zero-order valence-corrected chi connectivity index (χ0v) is 13.9. The summed E-state index contributed by atoms with van der Waals surface area (Å²) < 4.78 is 0. The van der Waals surface area contributed by atoms with Crippen LogP contribution in [0.25, 0.3) is 0 Å². The van der Waals surface area contributed by atoms with Gasteiger partial charge in [0.2, 0.25) is 0 Å². The minimum absolute atomic E-state index is 0.0440. The fraction of sp³-hybridized carbons (Fsp3) is 0.